The lowest BCUT2D eigenvalue weighted by molar-refractivity contribution is -0.140. The highest BCUT2D eigenvalue weighted by Crippen LogP contribution is 2.29. The summed E-state index contributed by atoms with van der Waals surface area (Å²) >= 11 is 0. The predicted octanol–water partition coefficient (Wildman–Crippen LogP) is 4.57. The fourth-order valence-corrected chi connectivity index (χ4v) is 6.20. The number of nitrogens with two attached hydrogens (primary N) is 1. The van der Waals surface area contributed by atoms with Crippen molar-refractivity contribution >= 4 is 27.9 Å². The Morgan fingerprint density at radius 1 is 0.902 bits per heavy atom. The molecule has 4 N–H and O–H groups in total. The summed E-state index contributed by atoms with van der Waals surface area (Å²) in [5.41, 5.74) is 6.65. The molecule has 10 nitrogen and oxygen atoms in total. The number of ether oxygens (including phenoxy) is 1. The van der Waals surface area contributed by atoms with Crippen LogP contribution in [0.15, 0.2) is 53.4 Å². The van der Waals surface area contributed by atoms with Crippen LogP contribution in [0.3, 0.4) is 0 Å². The molecule has 1 aliphatic rings. The fourth-order valence-electron chi connectivity index (χ4n) is 4.58. The quantitative estimate of drug-likeness (QED) is 0.224. The maximum Gasteiger partial charge on any atom is 0.335 e. The number of hydrogen-bond donors (Lipinski definition) is 3. The summed E-state index contributed by atoms with van der Waals surface area (Å²) in [4.78, 5) is 33.5. The zero-order valence-electron chi connectivity index (χ0n) is 23.8. The van der Waals surface area contributed by atoms with E-state index in [4.69, 9.17) is 20.7 Å². The molecule has 41 heavy (non-hydrogen) atoms. The van der Waals surface area contributed by atoms with Crippen molar-refractivity contribution in [1.29, 1.82) is 0 Å². The van der Waals surface area contributed by atoms with E-state index < -0.39 is 22.0 Å². The van der Waals surface area contributed by atoms with Crippen LogP contribution in [0.1, 0.15) is 74.7 Å². The third kappa shape index (κ3) is 10.9. The molecule has 0 heterocycles. The monoisotopic (exact) mass is 590 g/mol. The number of carbonyl (C=O) groups excluding carboxylic acids is 1. The van der Waals surface area contributed by atoms with Gasteiger partial charge in [0.25, 0.3) is 0 Å². The highest BCUT2D eigenvalue weighted by Gasteiger charge is 2.27. The van der Waals surface area contributed by atoms with Crippen molar-refractivity contribution in [2.24, 2.45) is 17.6 Å². The van der Waals surface area contributed by atoms with Gasteiger partial charge in [-0.25, -0.2) is 13.2 Å². The number of carbonyl (C=O) groups is 3. The number of esters is 1. The van der Waals surface area contributed by atoms with E-state index >= 15 is 0 Å². The SMILES string of the molecule is CCCN(CCC)S(=O)(=O)c1ccc(C(=O)O)cc1.NCC1CCC(C(=O)Oc2ccc(CCC(=O)O)cc2)CC1. The van der Waals surface area contributed by atoms with Crippen molar-refractivity contribution in [3.05, 3.63) is 59.7 Å². The molecule has 1 aliphatic carbocycles. The van der Waals surface area contributed by atoms with Crippen molar-refractivity contribution in [3.8, 4) is 5.75 Å². The number of hydrogen-bond acceptors (Lipinski definition) is 7. The summed E-state index contributed by atoms with van der Waals surface area (Å²) in [6, 6.07) is 12.4. The van der Waals surface area contributed by atoms with Crippen LogP contribution in [0.5, 0.6) is 5.75 Å². The van der Waals surface area contributed by atoms with Crippen LogP contribution in [0.2, 0.25) is 0 Å². The first kappa shape index (κ1) is 33.9. The van der Waals surface area contributed by atoms with Crippen LogP contribution < -0.4 is 10.5 Å². The maximum atomic E-state index is 12.4. The predicted molar refractivity (Wildman–Crippen MR) is 155 cm³/mol. The molecule has 0 saturated heterocycles. The van der Waals surface area contributed by atoms with Crippen LogP contribution in [0.4, 0.5) is 0 Å². The number of aliphatic carboxylic acids is 1. The molecule has 0 unspecified atom stereocenters. The Morgan fingerprint density at radius 2 is 1.46 bits per heavy atom. The molecule has 0 bridgehead atoms. The van der Waals surface area contributed by atoms with Gasteiger partial charge in [0.1, 0.15) is 5.75 Å². The van der Waals surface area contributed by atoms with Gasteiger partial charge >= 0.3 is 17.9 Å². The molecule has 0 amide bonds. The van der Waals surface area contributed by atoms with Crippen LogP contribution in [-0.4, -0.2) is 60.5 Å². The van der Waals surface area contributed by atoms with E-state index in [-0.39, 0.29) is 28.8 Å². The van der Waals surface area contributed by atoms with Gasteiger partial charge in [-0.05, 0) is 99.4 Å². The van der Waals surface area contributed by atoms with Gasteiger partial charge < -0.3 is 20.7 Å². The van der Waals surface area contributed by atoms with E-state index in [9.17, 15) is 22.8 Å². The number of carboxylic acid groups (broad SMARTS) is 2. The van der Waals surface area contributed by atoms with Crippen LogP contribution in [0, 0.1) is 11.8 Å². The minimum absolute atomic E-state index is 0.0329. The smallest absolute Gasteiger partial charge is 0.335 e. The molecular weight excluding hydrogens is 548 g/mol. The van der Waals surface area contributed by atoms with Gasteiger partial charge in [0.2, 0.25) is 10.0 Å². The number of aromatic carboxylic acids is 1. The Morgan fingerprint density at radius 3 is 1.93 bits per heavy atom. The van der Waals surface area contributed by atoms with E-state index in [1.807, 2.05) is 13.8 Å². The van der Waals surface area contributed by atoms with E-state index in [0.717, 1.165) is 44.1 Å². The first-order valence-electron chi connectivity index (χ1n) is 14.1. The highest BCUT2D eigenvalue weighted by molar-refractivity contribution is 7.89. The van der Waals surface area contributed by atoms with Crippen molar-refractivity contribution in [2.45, 2.75) is 70.1 Å². The zero-order chi connectivity index (χ0) is 30.4. The molecule has 0 spiro atoms. The highest BCUT2D eigenvalue weighted by atomic mass is 32.2. The van der Waals surface area contributed by atoms with Crippen molar-refractivity contribution in [1.82, 2.24) is 4.31 Å². The molecule has 1 saturated carbocycles. The lowest BCUT2D eigenvalue weighted by atomic mass is 9.82. The number of nitrogens with zero attached hydrogens (tertiary/aromatic N) is 1. The molecule has 3 rings (SSSR count). The molecule has 0 aliphatic heterocycles. The maximum absolute atomic E-state index is 12.4. The largest absolute Gasteiger partial charge is 0.481 e. The van der Waals surface area contributed by atoms with E-state index in [2.05, 4.69) is 0 Å². The van der Waals surface area contributed by atoms with Crippen LogP contribution in [-0.2, 0) is 26.0 Å². The number of aryl methyl sites for hydroxylation is 1. The standard InChI is InChI=1S/C17H23NO4.C13H19NO4S/c18-11-13-1-6-14(7-2-13)17(21)22-15-8-3-12(4-9-15)5-10-16(19)20;1-3-9-14(10-4-2)19(17,18)12-7-5-11(6-8-12)13(15)16/h3-4,8-9,13-14H,1-2,5-7,10-11,18H2,(H,19,20);5-8H,3-4,9-10H2,1-2H3,(H,15,16). The third-order valence-corrected chi connectivity index (χ3v) is 8.88. The second kappa shape index (κ2) is 16.9. The first-order valence-corrected chi connectivity index (χ1v) is 15.5. The minimum atomic E-state index is -3.53. The number of rotatable bonds is 13. The minimum Gasteiger partial charge on any atom is -0.481 e. The molecule has 0 radical (unpaired) electrons. The summed E-state index contributed by atoms with van der Waals surface area (Å²) in [6.45, 7) is 5.48. The Labute approximate surface area is 242 Å². The lowest BCUT2D eigenvalue weighted by Gasteiger charge is -2.26. The van der Waals surface area contributed by atoms with Crippen LogP contribution in [0.25, 0.3) is 0 Å². The van der Waals surface area contributed by atoms with E-state index in [1.54, 1.807) is 24.3 Å². The van der Waals surface area contributed by atoms with Crippen molar-refractivity contribution in [2.75, 3.05) is 19.6 Å². The zero-order valence-corrected chi connectivity index (χ0v) is 24.6. The molecule has 11 heteroatoms. The topological polar surface area (TPSA) is 164 Å². The fraction of sp³-hybridized carbons (Fsp3) is 0.500. The second-order valence-corrected chi connectivity index (χ2v) is 12.1. The average Bonchev–Trinajstić information content (AvgIpc) is 2.97. The number of carboxylic acids is 2. The van der Waals surface area contributed by atoms with Gasteiger partial charge in [-0.2, -0.15) is 4.31 Å². The number of sulfonamides is 1. The third-order valence-electron chi connectivity index (χ3n) is 6.97. The Kier molecular flexibility index (Phi) is 13.9. The molecule has 226 valence electrons. The summed E-state index contributed by atoms with van der Waals surface area (Å²) in [5, 5.41) is 17.4. The van der Waals surface area contributed by atoms with Gasteiger partial charge in [0.15, 0.2) is 0 Å². The average molecular weight is 591 g/mol. The Balaban J connectivity index is 0.000000290. The van der Waals surface area contributed by atoms with Gasteiger partial charge in [-0.3, -0.25) is 9.59 Å². The first-order chi connectivity index (χ1) is 19.5. The molecule has 2 aromatic rings. The summed E-state index contributed by atoms with van der Waals surface area (Å²) in [5.74, 6) is -1.03. The second-order valence-electron chi connectivity index (χ2n) is 10.1. The van der Waals surface area contributed by atoms with E-state index in [0.29, 0.717) is 37.7 Å². The van der Waals surface area contributed by atoms with Gasteiger partial charge in [-0.15, -0.1) is 0 Å². The van der Waals surface area contributed by atoms with E-state index in [1.165, 1.54) is 28.6 Å². The van der Waals surface area contributed by atoms with Crippen molar-refractivity contribution in [3.63, 3.8) is 0 Å². The molecule has 0 aromatic heterocycles. The molecule has 0 atom stereocenters. The van der Waals surface area contributed by atoms with Crippen molar-refractivity contribution < 1.29 is 37.8 Å². The molecule has 1 fully saturated rings. The molecule has 2 aromatic carbocycles. The normalized spacial score (nSPS) is 16.9. The van der Waals surface area contributed by atoms with Gasteiger partial charge in [0.05, 0.1) is 16.4 Å². The Hall–Kier alpha value is -3.28. The summed E-state index contributed by atoms with van der Waals surface area (Å²) < 4.78 is 31.6. The Bertz CT molecular complexity index is 1220. The van der Waals surface area contributed by atoms with Gasteiger partial charge in [0, 0.05) is 19.5 Å². The van der Waals surface area contributed by atoms with Gasteiger partial charge in [-0.1, -0.05) is 26.0 Å². The van der Waals surface area contributed by atoms with Crippen LogP contribution >= 0.6 is 0 Å². The molecular formula is C30H42N2O8S. The summed E-state index contributed by atoms with van der Waals surface area (Å²) in [6.07, 6.45) is 5.73. The summed E-state index contributed by atoms with van der Waals surface area (Å²) in [7, 11) is -3.53. The lowest BCUT2D eigenvalue weighted by Crippen LogP contribution is -2.32. The number of benzene rings is 2.